The summed E-state index contributed by atoms with van der Waals surface area (Å²) in [6.07, 6.45) is 7.25. The van der Waals surface area contributed by atoms with E-state index in [1.165, 1.54) is 13.3 Å². The quantitative estimate of drug-likeness (QED) is 0.379. The Morgan fingerprint density at radius 3 is 2.67 bits per heavy atom. The smallest absolute Gasteiger partial charge is 0.291 e. The minimum atomic E-state index is -0.527. The number of nitrogens with two attached hydrogens (primary N) is 1. The second kappa shape index (κ2) is 10.2. The monoisotopic (exact) mass is 491 g/mol. The SMILES string of the molecule is COCc1nc(C(=O)NCc2ccc3c(N)nccc3c2F)nn1Cc1cnc(N2CCCC2)nc1. The van der Waals surface area contributed by atoms with Crippen molar-refractivity contribution < 1.29 is 13.9 Å². The minimum absolute atomic E-state index is 0.0358. The molecular weight excluding hydrogens is 465 g/mol. The molecule has 1 saturated heterocycles. The average molecular weight is 492 g/mol. The Morgan fingerprint density at radius 1 is 1.14 bits per heavy atom. The zero-order chi connectivity index (χ0) is 25.1. The van der Waals surface area contributed by atoms with Crippen LogP contribution in [0, 0.1) is 5.82 Å². The molecule has 0 saturated carbocycles. The molecular formula is C24H26FN9O2. The number of rotatable bonds is 8. The van der Waals surface area contributed by atoms with Crippen molar-refractivity contribution in [1.82, 2.24) is 35.0 Å². The number of ether oxygens (including phenoxy) is 1. The lowest BCUT2D eigenvalue weighted by atomic mass is 10.1. The van der Waals surface area contributed by atoms with Gasteiger partial charge in [0.15, 0.2) is 5.82 Å². The van der Waals surface area contributed by atoms with Crippen molar-refractivity contribution in [3.05, 3.63) is 65.4 Å². The highest BCUT2D eigenvalue weighted by Gasteiger charge is 2.19. The van der Waals surface area contributed by atoms with Crippen LogP contribution >= 0.6 is 0 Å². The average Bonchev–Trinajstić information content (AvgIpc) is 3.56. The largest absolute Gasteiger partial charge is 0.383 e. The van der Waals surface area contributed by atoms with Crippen molar-refractivity contribution in [2.45, 2.75) is 32.5 Å². The van der Waals surface area contributed by atoms with Crippen LogP contribution in [0.3, 0.4) is 0 Å². The maximum absolute atomic E-state index is 14.9. The number of anilines is 2. The number of nitrogens with zero attached hydrogens (tertiary/aromatic N) is 7. The van der Waals surface area contributed by atoms with E-state index in [0.29, 0.717) is 34.7 Å². The molecule has 1 aliphatic heterocycles. The van der Waals surface area contributed by atoms with Gasteiger partial charge in [-0.2, -0.15) is 0 Å². The maximum atomic E-state index is 14.9. The van der Waals surface area contributed by atoms with E-state index >= 15 is 0 Å². The van der Waals surface area contributed by atoms with Crippen molar-refractivity contribution in [3.63, 3.8) is 0 Å². The van der Waals surface area contributed by atoms with E-state index in [-0.39, 0.29) is 24.8 Å². The molecule has 1 aliphatic rings. The van der Waals surface area contributed by atoms with Gasteiger partial charge >= 0.3 is 0 Å². The summed E-state index contributed by atoms with van der Waals surface area (Å²) in [5.41, 5.74) is 6.95. The van der Waals surface area contributed by atoms with Crippen LogP contribution in [0.25, 0.3) is 10.8 Å². The topological polar surface area (TPSA) is 137 Å². The summed E-state index contributed by atoms with van der Waals surface area (Å²) in [6, 6.07) is 4.81. The molecule has 0 spiro atoms. The molecule has 36 heavy (non-hydrogen) atoms. The van der Waals surface area contributed by atoms with Gasteiger partial charge < -0.3 is 20.7 Å². The van der Waals surface area contributed by atoms with Crippen LogP contribution in [-0.4, -0.2) is 55.8 Å². The molecule has 1 amide bonds. The van der Waals surface area contributed by atoms with Gasteiger partial charge in [0.1, 0.15) is 18.2 Å². The van der Waals surface area contributed by atoms with Crippen molar-refractivity contribution in [3.8, 4) is 0 Å². The van der Waals surface area contributed by atoms with Crippen molar-refractivity contribution >= 4 is 28.4 Å². The summed E-state index contributed by atoms with van der Waals surface area (Å²) in [5.74, 6) is 0.418. The third-order valence-electron chi connectivity index (χ3n) is 6.07. The van der Waals surface area contributed by atoms with Gasteiger partial charge in [-0.05, 0) is 18.9 Å². The first-order valence-corrected chi connectivity index (χ1v) is 11.6. The van der Waals surface area contributed by atoms with E-state index in [1.54, 1.807) is 35.3 Å². The molecule has 1 fully saturated rings. The van der Waals surface area contributed by atoms with Crippen LogP contribution < -0.4 is 16.0 Å². The number of carbonyl (C=O) groups excluding carboxylic acids is 1. The molecule has 0 atom stereocenters. The first kappa shape index (κ1) is 23.5. The molecule has 0 radical (unpaired) electrons. The number of hydrogen-bond acceptors (Lipinski definition) is 9. The molecule has 0 bridgehead atoms. The lowest BCUT2D eigenvalue weighted by Gasteiger charge is -2.14. The standard InChI is InChI=1S/C24H26FN9O2/c1-36-14-19-31-22(32-34(19)13-15-10-29-24(30-11-15)33-8-2-3-9-33)23(35)28-12-16-4-5-18-17(20(16)25)6-7-27-21(18)26/h4-7,10-11H,2-3,8-9,12-14H2,1H3,(H2,26,27)(H,28,35). The number of aromatic nitrogens is 6. The summed E-state index contributed by atoms with van der Waals surface area (Å²) < 4.78 is 21.7. The van der Waals surface area contributed by atoms with Gasteiger partial charge in [0, 0.05) is 67.2 Å². The fourth-order valence-electron chi connectivity index (χ4n) is 4.19. The van der Waals surface area contributed by atoms with Gasteiger partial charge in [-0.1, -0.05) is 12.1 Å². The van der Waals surface area contributed by atoms with E-state index in [2.05, 4.69) is 35.3 Å². The number of carbonyl (C=O) groups is 1. The van der Waals surface area contributed by atoms with E-state index in [0.717, 1.165) is 31.5 Å². The van der Waals surface area contributed by atoms with E-state index in [4.69, 9.17) is 10.5 Å². The summed E-state index contributed by atoms with van der Waals surface area (Å²) in [4.78, 5) is 32.2. The number of fused-ring (bicyclic) bond motifs is 1. The molecule has 0 unspecified atom stereocenters. The van der Waals surface area contributed by atoms with Crippen LogP contribution in [-0.2, 0) is 24.4 Å². The number of halogens is 1. The molecule has 5 rings (SSSR count). The predicted octanol–water partition coefficient (Wildman–Crippen LogP) is 2.06. The van der Waals surface area contributed by atoms with E-state index in [9.17, 15) is 9.18 Å². The summed E-state index contributed by atoms with van der Waals surface area (Å²) in [5, 5.41) is 7.90. The first-order valence-electron chi connectivity index (χ1n) is 11.6. The van der Waals surface area contributed by atoms with E-state index in [1.807, 2.05) is 0 Å². The number of benzene rings is 1. The van der Waals surface area contributed by atoms with Gasteiger partial charge in [-0.15, -0.1) is 5.10 Å². The molecule has 4 heterocycles. The lowest BCUT2D eigenvalue weighted by molar-refractivity contribution is 0.0939. The number of methoxy groups -OCH3 is 1. The third kappa shape index (κ3) is 4.80. The maximum Gasteiger partial charge on any atom is 0.291 e. The van der Waals surface area contributed by atoms with E-state index < -0.39 is 11.7 Å². The van der Waals surface area contributed by atoms with Gasteiger partial charge in [-0.25, -0.2) is 29.0 Å². The van der Waals surface area contributed by atoms with Crippen LogP contribution in [0.4, 0.5) is 16.2 Å². The zero-order valence-electron chi connectivity index (χ0n) is 19.8. The van der Waals surface area contributed by atoms with Gasteiger partial charge in [0.25, 0.3) is 5.91 Å². The van der Waals surface area contributed by atoms with Crippen molar-refractivity contribution in [2.24, 2.45) is 0 Å². The Morgan fingerprint density at radius 2 is 1.92 bits per heavy atom. The van der Waals surface area contributed by atoms with Crippen molar-refractivity contribution in [2.75, 3.05) is 30.8 Å². The molecule has 12 heteroatoms. The minimum Gasteiger partial charge on any atom is -0.383 e. The highest BCUT2D eigenvalue weighted by molar-refractivity contribution is 5.92. The van der Waals surface area contributed by atoms with Crippen LogP contribution in [0.15, 0.2) is 36.8 Å². The van der Waals surface area contributed by atoms with Gasteiger partial charge in [0.05, 0.1) is 6.54 Å². The number of hydrogen-bond donors (Lipinski definition) is 2. The van der Waals surface area contributed by atoms with Crippen molar-refractivity contribution in [1.29, 1.82) is 0 Å². The van der Waals surface area contributed by atoms with Crippen LogP contribution in [0.5, 0.6) is 0 Å². The van der Waals surface area contributed by atoms with Gasteiger partial charge in [0.2, 0.25) is 11.8 Å². The fraction of sp³-hybridized carbons (Fsp3) is 0.333. The number of nitrogens with one attached hydrogen (secondary N) is 1. The normalized spacial score (nSPS) is 13.4. The first-order chi connectivity index (χ1) is 17.5. The second-order valence-electron chi connectivity index (χ2n) is 8.54. The Bertz CT molecular complexity index is 1380. The van der Waals surface area contributed by atoms with Crippen LogP contribution in [0.1, 0.15) is 40.4 Å². The predicted molar refractivity (Wildman–Crippen MR) is 131 cm³/mol. The molecule has 0 aliphatic carbocycles. The second-order valence-corrected chi connectivity index (χ2v) is 8.54. The Kier molecular flexibility index (Phi) is 6.67. The summed E-state index contributed by atoms with van der Waals surface area (Å²) in [7, 11) is 1.54. The zero-order valence-corrected chi connectivity index (χ0v) is 19.8. The number of nitrogen functional groups attached to an aromatic ring is 1. The highest BCUT2D eigenvalue weighted by Crippen LogP contribution is 2.24. The fourth-order valence-corrected chi connectivity index (χ4v) is 4.19. The Labute approximate surface area is 206 Å². The summed E-state index contributed by atoms with van der Waals surface area (Å²) >= 11 is 0. The Hall–Kier alpha value is -4.19. The molecule has 3 aromatic heterocycles. The third-order valence-corrected chi connectivity index (χ3v) is 6.07. The number of pyridine rings is 1. The van der Waals surface area contributed by atoms with Crippen LogP contribution in [0.2, 0.25) is 0 Å². The molecule has 186 valence electrons. The lowest BCUT2D eigenvalue weighted by Crippen LogP contribution is -2.25. The summed E-state index contributed by atoms with van der Waals surface area (Å²) in [6.45, 7) is 2.39. The molecule has 3 N–H and O–H groups in total. The van der Waals surface area contributed by atoms with Gasteiger partial charge in [-0.3, -0.25) is 4.79 Å². The number of amides is 1. The molecule has 4 aromatic rings. The highest BCUT2D eigenvalue weighted by atomic mass is 19.1. The Balaban J connectivity index is 1.29. The molecule has 11 nitrogen and oxygen atoms in total. The molecule has 1 aromatic carbocycles.